The number of rotatable bonds is 5. The molecule has 1 atom stereocenters. The SMILES string of the molecule is COCc1cc(-n2ccnc2C2CCOC2)c(N)cc1C(=O)O. The van der Waals surface area contributed by atoms with E-state index in [-0.39, 0.29) is 18.1 Å². The zero-order chi connectivity index (χ0) is 16.4. The number of nitrogen functional groups attached to an aromatic ring is 1. The molecule has 2 aromatic rings. The maximum absolute atomic E-state index is 11.4. The summed E-state index contributed by atoms with van der Waals surface area (Å²) in [6.45, 7) is 1.56. The number of aromatic nitrogens is 2. The number of hydrogen-bond donors (Lipinski definition) is 2. The Morgan fingerprint density at radius 2 is 2.39 bits per heavy atom. The van der Waals surface area contributed by atoms with Crippen molar-refractivity contribution < 1.29 is 19.4 Å². The van der Waals surface area contributed by atoms with Crippen LogP contribution in [0.3, 0.4) is 0 Å². The molecule has 1 saturated heterocycles. The summed E-state index contributed by atoms with van der Waals surface area (Å²) >= 11 is 0. The zero-order valence-electron chi connectivity index (χ0n) is 12.9. The molecule has 1 aliphatic heterocycles. The molecule has 1 unspecified atom stereocenters. The van der Waals surface area contributed by atoms with Gasteiger partial charge in [-0.1, -0.05) is 0 Å². The highest BCUT2D eigenvalue weighted by atomic mass is 16.5. The lowest BCUT2D eigenvalue weighted by atomic mass is 10.0. The average molecular weight is 317 g/mol. The fourth-order valence-corrected chi connectivity index (χ4v) is 2.89. The van der Waals surface area contributed by atoms with E-state index >= 15 is 0 Å². The van der Waals surface area contributed by atoms with Gasteiger partial charge in [0.1, 0.15) is 5.82 Å². The van der Waals surface area contributed by atoms with Gasteiger partial charge in [-0.3, -0.25) is 0 Å². The monoisotopic (exact) mass is 317 g/mol. The molecule has 0 aliphatic carbocycles. The van der Waals surface area contributed by atoms with Crippen LogP contribution >= 0.6 is 0 Å². The van der Waals surface area contributed by atoms with Crippen molar-refractivity contribution in [1.82, 2.24) is 9.55 Å². The predicted octanol–water partition coefficient (Wildman–Crippen LogP) is 1.80. The lowest BCUT2D eigenvalue weighted by Gasteiger charge is -2.16. The van der Waals surface area contributed by atoms with Gasteiger partial charge in [0.25, 0.3) is 0 Å². The topological polar surface area (TPSA) is 99.6 Å². The molecule has 1 aromatic heterocycles. The summed E-state index contributed by atoms with van der Waals surface area (Å²) in [5, 5.41) is 9.32. The molecular weight excluding hydrogens is 298 g/mol. The minimum atomic E-state index is -1.02. The molecular formula is C16H19N3O4. The molecule has 0 saturated carbocycles. The van der Waals surface area contributed by atoms with E-state index in [2.05, 4.69) is 4.98 Å². The number of hydrogen-bond acceptors (Lipinski definition) is 5. The van der Waals surface area contributed by atoms with Crippen LogP contribution in [0.25, 0.3) is 5.69 Å². The quantitative estimate of drug-likeness (QED) is 0.816. The van der Waals surface area contributed by atoms with Crippen LogP contribution < -0.4 is 5.73 Å². The maximum atomic E-state index is 11.4. The van der Waals surface area contributed by atoms with Gasteiger partial charge in [0.15, 0.2) is 0 Å². The van der Waals surface area contributed by atoms with Gasteiger partial charge in [0.05, 0.1) is 30.2 Å². The van der Waals surface area contributed by atoms with Gasteiger partial charge in [-0.05, 0) is 24.1 Å². The Bertz CT molecular complexity index is 720. The molecule has 7 nitrogen and oxygen atoms in total. The van der Waals surface area contributed by atoms with Crippen LogP contribution in [0.4, 0.5) is 5.69 Å². The molecule has 7 heteroatoms. The lowest BCUT2D eigenvalue weighted by Crippen LogP contribution is -2.12. The summed E-state index contributed by atoms with van der Waals surface area (Å²) < 4.78 is 12.4. The van der Waals surface area contributed by atoms with Crippen molar-refractivity contribution in [2.45, 2.75) is 18.9 Å². The average Bonchev–Trinajstić information content (AvgIpc) is 3.18. The van der Waals surface area contributed by atoms with E-state index in [1.165, 1.54) is 13.2 Å². The molecule has 23 heavy (non-hydrogen) atoms. The van der Waals surface area contributed by atoms with Crippen LogP contribution in [0.1, 0.15) is 34.1 Å². The van der Waals surface area contributed by atoms with Crippen LogP contribution in [0.2, 0.25) is 0 Å². The van der Waals surface area contributed by atoms with E-state index in [0.29, 0.717) is 23.5 Å². The first-order chi connectivity index (χ1) is 11.1. The number of nitrogens with zero attached hydrogens (tertiary/aromatic N) is 2. The Balaban J connectivity index is 2.08. The molecule has 122 valence electrons. The van der Waals surface area contributed by atoms with Crippen LogP contribution in [-0.2, 0) is 16.1 Å². The van der Waals surface area contributed by atoms with Crippen molar-refractivity contribution in [1.29, 1.82) is 0 Å². The van der Waals surface area contributed by atoms with Gasteiger partial charge in [0, 0.05) is 32.0 Å². The number of methoxy groups -OCH3 is 1. The highest BCUT2D eigenvalue weighted by molar-refractivity contribution is 5.91. The molecule has 1 fully saturated rings. The largest absolute Gasteiger partial charge is 0.478 e. The summed E-state index contributed by atoms with van der Waals surface area (Å²) in [6, 6.07) is 3.23. The van der Waals surface area contributed by atoms with Gasteiger partial charge in [-0.2, -0.15) is 0 Å². The van der Waals surface area contributed by atoms with Crippen molar-refractivity contribution in [3.8, 4) is 5.69 Å². The van der Waals surface area contributed by atoms with Crippen molar-refractivity contribution >= 4 is 11.7 Å². The number of nitrogens with two attached hydrogens (primary N) is 1. The van der Waals surface area contributed by atoms with Gasteiger partial charge < -0.3 is 24.9 Å². The number of aromatic carboxylic acids is 1. The Morgan fingerprint density at radius 1 is 1.57 bits per heavy atom. The van der Waals surface area contributed by atoms with Gasteiger partial charge in [-0.15, -0.1) is 0 Å². The first-order valence-electron chi connectivity index (χ1n) is 7.37. The number of anilines is 1. The molecule has 0 spiro atoms. The first kappa shape index (κ1) is 15.5. The molecule has 0 amide bonds. The van der Waals surface area contributed by atoms with Crippen LogP contribution in [0.15, 0.2) is 24.5 Å². The number of ether oxygens (including phenoxy) is 2. The van der Waals surface area contributed by atoms with Crippen molar-refractivity contribution in [2.24, 2.45) is 0 Å². The number of benzene rings is 1. The molecule has 1 aromatic carbocycles. The molecule has 0 bridgehead atoms. The molecule has 1 aliphatic rings. The second-order valence-electron chi connectivity index (χ2n) is 5.52. The summed E-state index contributed by atoms with van der Waals surface area (Å²) in [5.74, 6) is 0.0698. The van der Waals surface area contributed by atoms with Crippen LogP contribution in [-0.4, -0.2) is 41.0 Å². The summed E-state index contributed by atoms with van der Waals surface area (Å²) in [6.07, 6.45) is 4.46. The fourth-order valence-electron chi connectivity index (χ4n) is 2.89. The fraction of sp³-hybridized carbons (Fsp3) is 0.375. The Labute approximate surface area is 133 Å². The Hall–Kier alpha value is -2.38. The Kier molecular flexibility index (Phi) is 4.31. The third-order valence-electron chi connectivity index (χ3n) is 4.01. The van der Waals surface area contributed by atoms with E-state index in [4.69, 9.17) is 15.2 Å². The second kappa shape index (κ2) is 6.39. The standard InChI is InChI=1S/C16H19N3O4/c1-22-8-11-6-14(13(17)7-12(11)16(20)21)19-4-3-18-15(19)10-2-5-23-9-10/h3-4,6-7,10H,2,5,8-9,17H2,1H3,(H,20,21). The molecule has 2 heterocycles. The number of imidazole rings is 1. The molecule has 3 N–H and O–H groups in total. The van der Waals surface area contributed by atoms with E-state index in [1.807, 2.05) is 10.8 Å². The number of carboxylic acids is 1. The third kappa shape index (κ3) is 2.93. The minimum absolute atomic E-state index is 0.152. The van der Waals surface area contributed by atoms with E-state index in [0.717, 1.165) is 18.9 Å². The minimum Gasteiger partial charge on any atom is -0.478 e. The second-order valence-corrected chi connectivity index (χ2v) is 5.52. The van der Waals surface area contributed by atoms with Crippen molar-refractivity contribution in [2.75, 3.05) is 26.1 Å². The van der Waals surface area contributed by atoms with E-state index in [9.17, 15) is 9.90 Å². The maximum Gasteiger partial charge on any atom is 0.336 e. The highest BCUT2D eigenvalue weighted by Gasteiger charge is 2.24. The van der Waals surface area contributed by atoms with Crippen molar-refractivity contribution in [3.63, 3.8) is 0 Å². The summed E-state index contributed by atoms with van der Waals surface area (Å²) in [5.41, 5.74) is 7.93. The smallest absolute Gasteiger partial charge is 0.336 e. The third-order valence-corrected chi connectivity index (χ3v) is 4.01. The van der Waals surface area contributed by atoms with Gasteiger partial charge in [-0.25, -0.2) is 9.78 Å². The zero-order valence-corrected chi connectivity index (χ0v) is 12.9. The summed E-state index contributed by atoms with van der Waals surface area (Å²) in [4.78, 5) is 15.8. The van der Waals surface area contributed by atoms with E-state index < -0.39 is 5.97 Å². The van der Waals surface area contributed by atoms with Crippen LogP contribution in [0.5, 0.6) is 0 Å². The summed E-state index contributed by atoms with van der Waals surface area (Å²) in [7, 11) is 1.53. The lowest BCUT2D eigenvalue weighted by molar-refractivity contribution is 0.0692. The number of carboxylic acid groups (broad SMARTS) is 1. The molecule has 0 radical (unpaired) electrons. The number of carbonyl (C=O) groups is 1. The Morgan fingerprint density at radius 3 is 3.04 bits per heavy atom. The predicted molar refractivity (Wildman–Crippen MR) is 83.8 cm³/mol. The van der Waals surface area contributed by atoms with Crippen LogP contribution in [0, 0.1) is 0 Å². The van der Waals surface area contributed by atoms with Crippen molar-refractivity contribution in [3.05, 3.63) is 41.5 Å². The van der Waals surface area contributed by atoms with Gasteiger partial charge in [0.2, 0.25) is 0 Å². The van der Waals surface area contributed by atoms with Gasteiger partial charge >= 0.3 is 5.97 Å². The highest BCUT2D eigenvalue weighted by Crippen LogP contribution is 2.30. The van der Waals surface area contributed by atoms with E-state index in [1.54, 1.807) is 12.3 Å². The first-order valence-corrected chi connectivity index (χ1v) is 7.37. The normalized spacial score (nSPS) is 17.5. The molecule has 3 rings (SSSR count).